The minimum atomic E-state index is -0.675. The molecule has 3 heterocycles. The SMILES string of the molecule is Cc1ccc(F)c(COc2cc(-c3ccc(C(=O)N4CCC(N5CCCC5)CC4)cc3)cnc2N)c1F. The van der Waals surface area contributed by atoms with Crippen molar-refractivity contribution in [1.29, 1.82) is 0 Å². The van der Waals surface area contributed by atoms with E-state index in [0.717, 1.165) is 37.1 Å². The molecule has 2 saturated heterocycles. The Balaban J connectivity index is 1.24. The molecule has 1 amide bonds. The number of benzene rings is 2. The fraction of sp³-hybridized carbons (Fsp3) is 0.379. The van der Waals surface area contributed by atoms with Gasteiger partial charge in [0.05, 0.1) is 5.56 Å². The summed E-state index contributed by atoms with van der Waals surface area (Å²) in [6.45, 7) is 5.20. The Kier molecular flexibility index (Phi) is 7.37. The Hall–Kier alpha value is -3.52. The zero-order valence-corrected chi connectivity index (χ0v) is 21.1. The van der Waals surface area contributed by atoms with Crippen molar-refractivity contribution < 1.29 is 18.3 Å². The van der Waals surface area contributed by atoms with Crippen LogP contribution in [0.15, 0.2) is 48.7 Å². The molecule has 0 saturated carbocycles. The van der Waals surface area contributed by atoms with Crippen molar-refractivity contribution in [3.63, 3.8) is 0 Å². The maximum Gasteiger partial charge on any atom is 0.253 e. The standard InChI is InChI=1S/C29H32F2N4O2/c1-19-4-9-25(30)24(27(19)31)18-37-26-16-22(17-33-28(26)32)20-5-7-21(8-6-20)29(36)35-14-10-23(11-15-35)34-12-2-3-13-34/h4-9,16-17,23H,2-3,10-15,18H2,1H3,(H2,32,33). The Bertz CT molecular complexity index is 1270. The van der Waals surface area contributed by atoms with Gasteiger partial charge in [0, 0.05) is 36.5 Å². The minimum Gasteiger partial charge on any atom is -0.485 e. The van der Waals surface area contributed by atoms with Crippen molar-refractivity contribution in [2.24, 2.45) is 0 Å². The third kappa shape index (κ3) is 5.44. The molecule has 0 bridgehead atoms. The fourth-order valence-corrected chi connectivity index (χ4v) is 5.25. The number of hydrogen-bond acceptors (Lipinski definition) is 5. The molecule has 3 aromatic rings. The van der Waals surface area contributed by atoms with Crippen LogP contribution in [0, 0.1) is 18.6 Å². The number of aromatic nitrogens is 1. The van der Waals surface area contributed by atoms with Gasteiger partial charge in [-0.2, -0.15) is 0 Å². The second-order valence-electron chi connectivity index (χ2n) is 9.90. The first kappa shape index (κ1) is 25.1. The van der Waals surface area contributed by atoms with Gasteiger partial charge in [0.1, 0.15) is 18.2 Å². The van der Waals surface area contributed by atoms with Crippen LogP contribution in [-0.2, 0) is 6.61 Å². The lowest BCUT2D eigenvalue weighted by atomic mass is 10.0. The number of rotatable bonds is 6. The lowest BCUT2D eigenvalue weighted by Gasteiger charge is -2.36. The molecule has 0 aliphatic carbocycles. The van der Waals surface area contributed by atoms with Crippen LogP contribution in [0.5, 0.6) is 5.75 Å². The normalized spacial score (nSPS) is 16.8. The lowest BCUT2D eigenvalue weighted by Crippen LogP contribution is -2.45. The van der Waals surface area contributed by atoms with Gasteiger partial charge < -0.3 is 20.3 Å². The zero-order valence-electron chi connectivity index (χ0n) is 21.1. The number of likely N-dealkylation sites (tertiary alicyclic amines) is 2. The third-order valence-electron chi connectivity index (χ3n) is 7.51. The molecule has 194 valence electrons. The van der Waals surface area contributed by atoms with Crippen LogP contribution in [0.2, 0.25) is 0 Å². The molecular weight excluding hydrogens is 474 g/mol. The van der Waals surface area contributed by atoms with E-state index in [1.54, 1.807) is 19.2 Å². The topological polar surface area (TPSA) is 71.7 Å². The van der Waals surface area contributed by atoms with E-state index in [-0.39, 0.29) is 29.6 Å². The molecule has 8 heteroatoms. The summed E-state index contributed by atoms with van der Waals surface area (Å²) in [4.78, 5) is 21.8. The van der Waals surface area contributed by atoms with Crippen LogP contribution in [0.1, 0.15) is 47.2 Å². The second kappa shape index (κ2) is 10.8. The number of piperidine rings is 1. The van der Waals surface area contributed by atoms with Gasteiger partial charge >= 0.3 is 0 Å². The highest BCUT2D eigenvalue weighted by molar-refractivity contribution is 5.94. The lowest BCUT2D eigenvalue weighted by molar-refractivity contribution is 0.0644. The predicted octanol–water partition coefficient (Wildman–Crippen LogP) is 5.20. The first-order chi connectivity index (χ1) is 17.9. The van der Waals surface area contributed by atoms with E-state index < -0.39 is 11.6 Å². The summed E-state index contributed by atoms with van der Waals surface area (Å²) in [6.07, 6.45) is 6.23. The number of pyridine rings is 1. The highest BCUT2D eigenvalue weighted by Gasteiger charge is 2.28. The first-order valence-corrected chi connectivity index (χ1v) is 12.9. The van der Waals surface area contributed by atoms with Crippen LogP contribution in [-0.4, -0.2) is 52.9 Å². The summed E-state index contributed by atoms with van der Waals surface area (Å²) in [5.41, 5.74) is 8.34. The molecule has 0 atom stereocenters. The average Bonchev–Trinajstić information content (AvgIpc) is 3.47. The van der Waals surface area contributed by atoms with Crippen LogP contribution in [0.4, 0.5) is 14.6 Å². The largest absolute Gasteiger partial charge is 0.485 e. The van der Waals surface area contributed by atoms with Crippen molar-refractivity contribution in [1.82, 2.24) is 14.8 Å². The Labute approximate surface area is 216 Å². The van der Waals surface area contributed by atoms with Crippen molar-refractivity contribution in [3.8, 4) is 16.9 Å². The third-order valence-corrected chi connectivity index (χ3v) is 7.51. The van der Waals surface area contributed by atoms with Crippen LogP contribution in [0.3, 0.4) is 0 Å². The summed E-state index contributed by atoms with van der Waals surface area (Å²) >= 11 is 0. The van der Waals surface area contributed by atoms with Gasteiger partial charge in [-0.25, -0.2) is 13.8 Å². The highest BCUT2D eigenvalue weighted by Crippen LogP contribution is 2.29. The molecule has 1 aromatic heterocycles. The van der Waals surface area contributed by atoms with Gasteiger partial charge in [-0.1, -0.05) is 18.2 Å². The van der Waals surface area contributed by atoms with Gasteiger partial charge in [-0.05, 0) is 81.1 Å². The molecule has 2 aromatic carbocycles. The van der Waals surface area contributed by atoms with Crippen molar-refractivity contribution in [2.75, 3.05) is 31.9 Å². The van der Waals surface area contributed by atoms with E-state index in [1.165, 1.54) is 38.1 Å². The van der Waals surface area contributed by atoms with E-state index in [2.05, 4.69) is 9.88 Å². The smallest absolute Gasteiger partial charge is 0.253 e. The number of nitrogens with zero attached hydrogens (tertiary/aromatic N) is 3. The Morgan fingerprint density at radius 1 is 1.03 bits per heavy atom. The molecule has 37 heavy (non-hydrogen) atoms. The van der Waals surface area contributed by atoms with Crippen LogP contribution < -0.4 is 10.5 Å². The van der Waals surface area contributed by atoms with E-state index in [4.69, 9.17) is 10.5 Å². The molecule has 2 aliphatic rings. The van der Waals surface area contributed by atoms with E-state index in [9.17, 15) is 13.6 Å². The predicted molar refractivity (Wildman–Crippen MR) is 139 cm³/mol. The van der Waals surface area contributed by atoms with E-state index in [0.29, 0.717) is 17.2 Å². The molecule has 0 radical (unpaired) electrons. The number of nitrogens with two attached hydrogens (primary N) is 1. The van der Waals surface area contributed by atoms with Gasteiger partial charge in [0.25, 0.3) is 5.91 Å². The summed E-state index contributed by atoms with van der Waals surface area (Å²) in [5.74, 6) is -0.900. The average molecular weight is 507 g/mol. The number of carbonyl (C=O) groups is 1. The van der Waals surface area contributed by atoms with Gasteiger partial charge in [0.15, 0.2) is 11.6 Å². The van der Waals surface area contributed by atoms with E-state index in [1.807, 2.05) is 29.2 Å². The molecule has 0 unspecified atom stereocenters. The number of amides is 1. The first-order valence-electron chi connectivity index (χ1n) is 12.9. The monoisotopic (exact) mass is 506 g/mol. The summed E-state index contributed by atoms with van der Waals surface area (Å²) in [5, 5.41) is 0. The van der Waals surface area contributed by atoms with Gasteiger partial charge in [-0.15, -0.1) is 0 Å². The zero-order chi connectivity index (χ0) is 25.9. The maximum absolute atomic E-state index is 14.3. The molecule has 6 nitrogen and oxygen atoms in total. The van der Waals surface area contributed by atoms with Crippen molar-refractivity contribution >= 4 is 11.7 Å². The van der Waals surface area contributed by atoms with Crippen molar-refractivity contribution in [3.05, 3.63) is 77.0 Å². The van der Waals surface area contributed by atoms with Crippen LogP contribution >= 0.6 is 0 Å². The number of aryl methyl sites for hydroxylation is 1. The molecular formula is C29H32F2N4O2. The van der Waals surface area contributed by atoms with Gasteiger partial charge in [0.2, 0.25) is 0 Å². The minimum absolute atomic E-state index is 0.0492. The van der Waals surface area contributed by atoms with Crippen molar-refractivity contribution in [2.45, 2.75) is 45.3 Å². The summed E-state index contributed by atoms with van der Waals surface area (Å²) in [6, 6.07) is 12.2. The fourth-order valence-electron chi connectivity index (χ4n) is 5.25. The summed E-state index contributed by atoms with van der Waals surface area (Å²) in [7, 11) is 0. The van der Waals surface area contributed by atoms with Gasteiger partial charge in [-0.3, -0.25) is 4.79 Å². The Morgan fingerprint density at radius 3 is 2.43 bits per heavy atom. The molecule has 2 aliphatic heterocycles. The second-order valence-corrected chi connectivity index (χ2v) is 9.90. The molecule has 2 fully saturated rings. The molecule has 2 N–H and O–H groups in total. The molecule has 0 spiro atoms. The number of halogens is 2. The number of nitrogen functional groups attached to an aromatic ring is 1. The number of hydrogen-bond donors (Lipinski definition) is 1. The number of carbonyl (C=O) groups excluding carboxylic acids is 1. The van der Waals surface area contributed by atoms with Crippen LogP contribution in [0.25, 0.3) is 11.1 Å². The number of ether oxygens (including phenoxy) is 1. The van der Waals surface area contributed by atoms with E-state index >= 15 is 0 Å². The quantitative estimate of drug-likeness (QED) is 0.498. The summed E-state index contributed by atoms with van der Waals surface area (Å²) < 4.78 is 34.1. The molecule has 5 rings (SSSR count). The maximum atomic E-state index is 14.3. The number of anilines is 1. The highest BCUT2D eigenvalue weighted by atomic mass is 19.1. The Morgan fingerprint density at radius 2 is 1.73 bits per heavy atom.